The van der Waals surface area contributed by atoms with E-state index in [-0.39, 0.29) is 51.2 Å². The van der Waals surface area contributed by atoms with Gasteiger partial charge >= 0.3 is 203 Å². The molecule has 1 fully saturated rings. The van der Waals surface area contributed by atoms with Crippen LogP contribution < -0.4 is 26.6 Å². The molecule has 50 heavy (non-hydrogen) atoms. The van der Waals surface area contributed by atoms with E-state index in [1.807, 2.05) is 46.1 Å². The molecule has 5 atom stereocenters. The molecule has 1 aliphatic heterocycles. The van der Waals surface area contributed by atoms with Gasteiger partial charge in [-0.05, 0) is 13.3 Å². The molecule has 0 aromatic heterocycles. The molecule has 0 spiro atoms. The number of amides is 6. The second-order valence-electron chi connectivity index (χ2n) is 12.5. The van der Waals surface area contributed by atoms with Crippen molar-refractivity contribution < 1.29 is 87.9 Å². The monoisotopic (exact) mass is 936 g/mol. The maximum absolute atomic E-state index is 13.7. The van der Waals surface area contributed by atoms with Crippen LogP contribution in [0.15, 0.2) is 30.3 Å². The van der Waals surface area contributed by atoms with Crippen LogP contribution in [0.3, 0.4) is 0 Å². The first kappa shape index (κ1) is 43.8. The van der Waals surface area contributed by atoms with Gasteiger partial charge in [-0.3, -0.25) is 18.6 Å². The Hall–Kier alpha value is -2.38. The molecular weight excluding hydrogens is 885 g/mol. The van der Waals surface area contributed by atoms with Crippen LogP contribution in [0.1, 0.15) is 58.4 Å². The number of carbonyl (C=O) groups excluding carboxylic acids is 6. The summed E-state index contributed by atoms with van der Waals surface area (Å²) >= 11 is -1.81. The topological polar surface area (TPSA) is 222 Å². The van der Waals surface area contributed by atoms with Gasteiger partial charge in [-0.25, -0.2) is 4.57 Å². The van der Waals surface area contributed by atoms with Gasteiger partial charge in [-0.15, -0.1) is 0 Å². The molecule has 0 saturated carbocycles. The van der Waals surface area contributed by atoms with E-state index >= 15 is 0 Å². The van der Waals surface area contributed by atoms with Gasteiger partial charge in [-0.2, -0.15) is 0 Å². The molecule has 1 aromatic carbocycles. The summed E-state index contributed by atoms with van der Waals surface area (Å²) < 4.78 is 22.2. The zero-order valence-electron chi connectivity index (χ0n) is 29.6. The number of hydrogen-bond donors (Lipinski definition) is 6. The van der Waals surface area contributed by atoms with Crippen molar-refractivity contribution >= 4 is 38.3 Å². The number of hydrogen-bond acceptors (Lipinski definition) is 9. The fourth-order valence-electron chi connectivity index (χ4n) is 5.33. The van der Waals surface area contributed by atoms with Crippen molar-refractivity contribution in [1.82, 2.24) is 31.5 Å². The first-order valence-corrected chi connectivity index (χ1v) is 27.2. The molecule has 276 valence electrons. The minimum absolute atomic E-state index is 0.00533. The summed E-state index contributed by atoms with van der Waals surface area (Å²) in [6.07, 6.45) is 2.07. The number of phosphoric acid groups is 1. The van der Waals surface area contributed by atoms with Gasteiger partial charge in [0.15, 0.2) is 0 Å². The van der Waals surface area contributed by atoms with Crippen molar-refractivity contribution in [2.24, 2.45) is 5.92 Å². The third-order valence-electron chi connectivity index (χ3n) is 7.98. The molecule has 16 nitrogen and oxygen atoms in total. The predicted octanol–water partition coefficient (Wildman–Crippen LogP) is 1.24. The van der Waals surface area contributed by atoms with Gasteiger partial charge in [0, 0.05) is 26.6 Å². The molecule has 1 unspecified atom stereocenters. The first-order chi connectivity index (χ1) is 23.7. The van der Waals surface area contributed by atoms with Crippen LogP contribution in [0.2, 0.25) is 1.96 Å². The summed E-state index contributed by atoms with van der Waals surface area (Å²) in [5, 5.41) is 13.5. The summed E-state index contributed by atoms with van der Waals surface area (Å²) in [6.45, 7) is 5.79. The summed E-state index contributed by atoms with van der Waals surface area (Å²) in [7, 11) is -3.09. The molecule has 18 heteroatoms. The van der Waals surface area contributed by atoms with Crippen LogP contribution in [0, 0.1) is 46.5 Å². The molecule has 6 amide bonds. The summed E-state index contributed by atoms with van der Waals surface area (Å²) in [4.78, 5) is 88.6. The molecule has 6 N–H and O–H groups in total. The van der Waals surface area contributed by atoms with Gasteiger partial charge in [0.2, 0.25) is 11.8 Å². The normalized spacial score (nSPS) is 17.0. The third-order valence-corrected chi connectivity index (χ3v) is 13.1. The van der Waals surface area contributed by atoms with Crippen molar-refractivity contribution in [3.63, 3.8) is 0 Å². The standard InChI is InChI=1S/C31H48N6O10P.CH3.Ra/c1-21(2)18-24(36-31(43)26-12-9-16-37(26)20-38)30(42)35-25(19-23-10-6-5-7-11-23)29(41)34-22(3)28(40)33-14-8-13-27(39)32-15-17-47-48(44,45)46-4;;/h5-7,10-11,21-22,24-26H,8-9,12-19H2,1-4H3,(H,32,39)(H,33,40)(H,34,41)(H,35,42)(H,36,43)(H,44,45);1H3;/t22-,24-,25-,26-;;/m0../s1. The van der Waals surface area contributed by atoms with E-state index in [0.29, 0.717) is 25.8 Å². The van der Waals surface area contributed by atoms with Crippen LogP contribution >= 0.6 is 7.82 Å². The van der Waals surface area contributed by atoms with Crippen molar-refractivity contribution in [3.05, 3.63) is 35.9 Å². The Morgan fingerprint density at radius 1 is 0.960 bits per heavy atom. The zero-order valence-corrected chi connectivity index (χ0v) is 36.3. The van der Waals surface area contributed by atoms with Gasteiger partial charge < -0.3 is 15.5 Å². The number of nitrogens with one attached hydrogen (secondary N) is 5. The van der Waals surface area contributed by atoms with Crippen molar-refractivity contribution in [2.75, 3.05) is 33.4 Å². The number of likely N-dealkylation sites (tertiary alicyclic amines) is 1. The number of rotatable bonds is 21. The molecule has 1 saturated heterocycles. The SMILES string of the molecule is COP(=O)(O)OCCNC(=O)CCCNC(=O)[C@H](C)NC(=O)[C@H](Cc1ccccc1)NC(=O)[C@H](CC(C)C)NC(=O)[C@@H]1CCCN1[C](=O)[Ra][CH3]. The van der Waals surface area contributed by atoms with Crippen LogP contribution in [-0.4, -0.2) is 97.8 Å². The molecule has 1 heterocycles. The molecule has 0 bridgehead atoms. The minimum atomic E-state index is -4.12. The molecule has 2 rings (SSSR count). The zero-order chi connectivity index (χ0) is 37.3. The Morgan fingerprint density at radius 3 is 2.28 bits per heavy atom. The Bertz CT molecular complexity index is 1350. The van der Waals surface area contributed by atoms with Crippen molar-refractivity contribution in [1.29, 1.82) is 0 Å². The Kier molecular flexibility index (Phi) is 19.7. The Labute approximate surface area is 316 Å². The average Bonchev–Trinajstić information content (AvgIpc) is 3.58. The number of phosphoric ester groups is 1. The quantitative estimate of drug-likeness (QED) is 0.0765. The van der Waals surface area contributed by atoms with E-state index in [0.717, 1.165) is 19.1 Å². The average molecular weight is 937 g/mol. The van der Waals surface area contributed by atoms with E-state index in [1.165, 1.54) is 6.92 Å². The maximum atomic E-state index is 13.7. The van der Waals surface area contributed by atoms with Crippen molar-refractivity contribution in [3.8, 4) is 0 Å². The molecule has 1 aromatic rings. The fraction of sp³-hybridized carbons (Fsp3) is 0.625. The van der Waals surface area contributed by atoms with Gasteiger partial charge in [0.1, 0.15) is 0 Å². The summed E-state index contributed by atoms with van der Waals surface area (Å²) in [6, 6.07) is 5.49. The van der Waals surface area contributed by atoms with E-state index in [4.69, 9.17) is 0 Å². The molecule has 1 aliphatic rings. The first-order valence-electron chi connectivity index (χ1n) is 17.0. The third kappa shape index (κ3) is 15.9. The van der Waals surface area contributed by atoms with Crippen LogP contribution in [0.5, 0.6) is 0 Å². The van der Waals surface area contributed by atoms with E-state index < -0.39 is 90.3 Å². The van der Waals surface area contributed by atoms with Gasteiger partial charge in [0.05, 0.1) is 6.61 Å². The van der Waals surface area contributed by atoms with Crippen molar-refractivity contribution in [2.45, 2.75) is 85.4 Å². The Balaban J connectivity index is 1.99. The van der Waals surface area contributed by atoms with Crippen LogP contribution in [-0.2, 0) is 44.0 Å². The fourth-order valence-corrected chi connectivity index (χ4v) is 8.98. The Morgan fingerprint density at radius 2 is 1.64 bits per heavy atom. The van der Waals surface area contributed by atoms with E-state index in [1.54, 1.807) is 4.90 Å². The number of benzene rings is 1. The van der Waals surface area contributed by atoms with E-state index in [9.17, 15) is 38.2 Å². The molecular formula is C32H51N6O10PRa. The van der Waals surface area contributed by atoms with Crippen LogP contribution in [0.25, 0.3) is 0 Å². The second kappa shape index (κ2) is 22.5. The van der Waals surface area contributed by atoms with Gasteiger partial charge in [-0.1, -0.05) is 18.2 Å². The molecule has 0 radical (unpaired) electrons. The number of carbonyl (C=O) groups is 6. The summed E-state index contributed by atoms with van der Waals surface area (Å²) in [5.41, 5.74) is 0.773. The summed E-state index contributed by atoms with van der Waals surface area (Å²) in [5.74, 6) is -2.31. The van der Waals surface area contributed by atoms with Crippen LogP contribution in [0.4, 0.5) is 4.79 Å². The number of nitrogens with zero attached hydrogens (tertiary/aromatic N) is 1. The molecule has 0 aliphatic carbocycles. The van der Waals surface area contributed by atoms with Gasteiger partial charge in [0.25, 0.3) is 0 Å². The van der Waals surface area contributed by atoms with E-state index in [2.05, 4.69) is 35.6 Å². The predicted molar refractivity (Wildman–Crippen MR) is 180 cm³/mol. The second-order valence-corrected chi connectivity index (χ2v) is 19.5.